The first kappa shape index (κ1) is 10.7. The highest BCUT2D eigenvalue weighted by atomic mass is 16.5. The monoisotopic (exact) mass is 172 g/mol. The summed E-state index contributed by atoms with van der Waals surface area (Å²) in [4.78, 5) is 20.7. The van der Waals surface area contributed by atoms with E-state index in [1.807, 2.05) is 0 Å². The van der Waals surface area contributed by atoms with Crippen LogP contribution >= 0.6 is 0 Å². The van der Waals surface area contributed by atoms with E-state index in [0.717, 1.165) is 0 Å². The molecule has 0 heterocycles. The fraction of sp³-hybridized carbons (Fsp3) is 0.500. The molecule has 0 aliphatic heterocycles. The molecule has 1 N–H and O–H groups in total. The maximum Gasteiger partial charge on any atom is 0.317 e. The van der Waals surface area contributed by atoms with Gasteiger partial charge in [-0.2, -0.15) is 0 Å². The van der Waals surface area contributed by atoms with Crippen LogP contribution in [0.3, 0.4) is 0 Å². The molecule has 0 aromatic heterocycles. The van der Waals surface area contributed by atoms with Gasteiger partial charge in [-0.05, 0) is 6.92 Å². The number of hydrogen-bond donors (Lipinski definition) is 1. The molecular weight excluding hydrogens is 160 g/mol. The van der Waals surface area contributed by atoms with Crippen LogP contribution in [0.25, 0.3) is 0 Å². The largest absolute Gasteiger partial charge is 0.481 e. The smallest absolute Gasteiger partial charge is 0.317 e. The lowest BCUT2D eigenvalue weighted by molar-refractivity contribution is -0.154. The number of aliphatic carboxylic acids is 1. The Morgan fingerprint density at radius 1 is 1.67 bits per heavy atom. The van der Waals surface area contributed by atoms with Crippen molar-refractivity contribution in [3.05, 3.63) is 12.7 Å². The standard InChI is InChI=1S/C8H12O4/c1-3-4-6(2)12-8(11)5-7(9)10/h3,6H,1,4-5H2,2H3,(H,9,10)/t6-/m0/s1. The van der Waals surface area contributed by atoms with E-state index >= 15 is 0 Å². The summed E-state index contributed by atoms with van der Waals surface area (Å²) in [5, 5.41) is 8.21. The highest BCUT2D eigenvalue weighted by Gasteiger charge is 2.11. The number of esters is 1. The lowest BCUT2D eigenvalue weighted by Crippen LogP contribution is -2.16. The maximum atomic E-state index is 10.7. The van der Waals surface area contributed by atoms with Crippen molar-refractivity contribution in [2.24, 2.45) is 0 Å². The minimum absolute atomic E-state index is 0.297. The van der Waals surface area contributed by atoms with Crippen molar-refractivity contribution in [2.45, 2.75) is 25.9 Å². The summed E-state index contributed by atoms with van der Waals surface area (Å²) in [5.74, 6) is -1.89. The molecule has 0 rings (SSSR count). The fourth-order valence-corrected chi connectivity index (χ4v) is 0.672. The van der Waals surface area contributed by atoms with Crippen molar-refractivity contribution in [3.8, 4) is 0 Å². The molecule has 0 unspecified atom stereocenters. The summed E-state index contributed by atoms with van der Waals surface area (Å²) >= 11 is 0. The van der Waals surface area contributed by atoms with E-state index < -0.39 is 18.4 Å². The number of hydrogen-bond acceptors (Lipinski definition) is 3. The van der Waals surface area contributed by atoms with Gasteiger partial charge in [-0.3, -0.25) is 9.59 Å². The summed E-state index contributed by atoms with van der Waals surface area (Å²) < 4.78 is 4.71. The normalized spacial score (nSPS) is 11.8. The van der Waals surface area contributed by atoms with Crippen molar-refractivity contribution in [2.75, 3.05) is 0 Å². The Balaban J connectivity index is 3.68. The molecule has 1 atom stereocenters. The Hall–Kier alpha value is -1.32. The molecule has 0 aliphatic carbocycles. The van der Waals surface area contributed by atoms with E-state index in [4.69, 9.17) is 9.84 Å². The summed E-state index contributed by atoms with van der Waals surface area (Å²) in [6.45, 7) is 5.14. The Kier molecular flexibility index (Phi) is 4.76. The van der Waals surface area contributed by atoms with Crippen molar-refractivity contribution in [1.82, 2.24) is 0 Å². The van der Waals surface area contributed by atoms with Gasteiger partial charge >= 0.3 is 11.9 Å². The highest BCUT2D eigenvalue weighted by Crippen LogP contribution is 1.99. The summed E-state index contributed by atoms with van der Waals surface area (Å²) in [7, 11) is 0. The Labute approximate surface area is 70.8 Å². The SMILES string of the molecule is C=CC[C@H](C)OC(=O)CC(=O)O. The number of carbonyl (C=O) groups excluding carboxylic acids is 1. The van der Waals surface area contributed by atoms with Gasteiger partial charge in [-0.1, -0.05) is 6.08 Å². The third-order valence-electron chi connectivity index (χ3n) is 1.13. The lowest BCUT2D eigenvalue weighted by atomic mass is 10.3. The first-order chi connectivity index (χ1) is 5.56. The predicted molar refractivity (Wildman–Crippen MR) is 42.6 cm³/mol. The van der Waals surface area contributed by atoms with E-state index in [1.54, 1.807) is 13.0 Å². The van der Waals surface area contributed by atoms with Gasteiger partial charge in [0.2, 0.25) is 0 Å². The van der Waals surface area contributed by atoms with E-state index in [0.29, 0.717) is 6.42 Å². The van der Waals surface area contributed by atoms with Gasteiger partial charge in [-0.25, -0.2) is 0 Å². The van der Waals surface area contributed by atoms with Crippen LogP contribution in [0.2, 0.25) is 0 Å². The summed E-state index contributed by atoms with van der Waals surface area (Å²) in [6.07, 6.45) is 1.26. The van der Waals surface area contributed by atoms with E-state index in [1.165, 1.54) is 0 Å². The molecule has 0 aromatic carbocycles. The van der Waals surface area contributed by atoms with Crippen LogP contribution in [-0.2, 0) is 14.3 Å². The Morgan fingerprint density at radius 2 is 2.25 bits per heavy atom. The average Bonchev–Trinajstić information content (AvgIpc) is 1.84. The quantitative estimate of drug-likeness (QED) is 0.381. The molecule has 68 valence electrons. The van der Waals surface area contributed by atoms with Gasteiger partial charge < -0.3 is 9.84 Å². The molecule has 0 fully saturated rings. The van der Waals surface area contributed by atoms with E-state index in [9.17, 15) is 9.59 Å². The van der Waals surface area contributed by atoms with Crippen LogP contribution in [0.15, 0.2) is 12.7 Å². The van der Waals surface area contributed by atoms with Crippen LogP contribution in [0.1, 0.15) is 19.8 Å². The molecule has 0 aliphatic rings. The Bertz CT molecular complexity index is 185. The number of ether oxygens (including phenoxy) is 1. The number of carboxylic acid groups (broad SMARTS) is 1. The first-order valence-corrected chi connectivity index (χ1v) is 3.58. The van der Waals surface area contributed by atoms with Crippen LogP contribution in [0.4, 0.5) is 0 Å². The molecule has 0 aromatic rings. The van der Waals surface area contributed by atoms with Crippen LogP contribution in [-0.4, -0.2) is 23.1 Å². The molecule has 0 radical (unpaired) electrons. The third-order valence-corrected chi connectivity index (χ3v) is 1.13. The molecular formula is C8H12O4. The second-order valence-electron chi connectivity index (χ2n) is 2.40. The van der Waals surface area contributed by atoms with Crippen molar-refractivity contribution < 1.29 is 19.4 Å². The second kappa shape index (κ2) is 5.35. The van der Waals surface area contributed by atoms with Gasteiger partial charge in [0.05, 0.1) is 0 Å². The second-order valence-corrected chi connectivity index (χ2v) is 2.40. The van der Waals surface area contributed by atoms with Crippen molar-refractivity contribution in [3.63, 3.8) is 0 Å². The molecule has 4 nitrogen and oxygen atoms in total. The van der Waals surface area contributed by atoms with Crippen LogP contribution in [0, 0.1) is 0 Å². The highest BCUT2D eigenvalue weighted by molar-refractivity contribution is 5.90. The van der Waals surface area contributed by atoms with Gasteiger partial charge in [-0.15, -0.1) is 6.58 Å². The van der Waals surface area contributed by atoms with Crippen molar-refractivity contribution in [1.29, 1.82) is 0 Å². The zero-order valence-corrected chi connectivity index (χ0v) is 6.95. The fourth-order valence-electron chi connectivity index (χ4n) is 0.672. The van der Waals surface area contributed by atoms with Gasteiger partial charge in [0.25, 0.3) is 0 Å². The molecule has 12 heavy (non-hydrogen) atoms. The third kappa shape index (κ3) is 5.46. The number of rotatable bonds is 5. The molecule has 0 saturated carbocycles. The number of carboxylic acids is 1. The summed E-state index contributed by atoms with van der Waals surface area (Å²) in [6, 6.07) is 0. The maximum absolute atomic E-state index is 10.7. The minimum Gasteiger partial charge on any atom is -0.481 e. The Morgan fingerprint density at radius 3 is 2.67 bits per heavy atom. The minimum atomic E-state index is -1.18. The molecule has 0 saturated heterocycles. The first-order valence-electron chi connectivity index (χ1n) is 3.58. The zero-order valence-electron chi connectivity index (χ0n) is 6.95. The molecule has 4 heteroatoms. The van der Waals surface area contributed by atoms with Gasteiger partial charge in [0.1, 0.15) is 12.5 Å². The lowest BCUT2D eigenvalue weighted by Gasteiger charge is -2.09. The van der Waals surface area contributed by atoms with E-state index in [-0.39, 0.29) is 6.10 Å². The average molecular weight is 172 g/mol. The van der Waals surface area contributed by atoms with Gasteiger partial charge in [0.15, 0.2) is 0 Å². The van der Waals surface area contributed by atoms with E-state index in [2.05, 4.69) is 6.58 Å². The predicted octanol–water partition coefficient (Wildman–Crippen LogP) is 0.969. The van der Waals surface area contributed by atoms with Gasteiger partial charge in [0, 0.05) is 6.42 Å². The van der Waals surface area contributed by atoms with Crippen molar-refractivity contribution >= 4 is 11.9 Å². The molecule has 0 spiro atoms. The molecule has 0 bridgehead atoms. The summed E-state index contributed by atoms with van der Waals surface area (Å²) in [5.41, 5.74) is 0. The van der Waals surface area contributed by atoms with Crippen LogP contribution in [0.5, 0.6) is 0 Å². The zero-order chi connectivity index (χ0) is 9.56. The topological polar surface area (TPSA) is 63.6 Å². The molecule has 0 amide bonds. The number of carbonyl (C=O) groups is 2. The van der Waals surface area contributed by atoms with Crippen LogP contribution < -0.4 is 0 Å².